The highest BCUT2D eigenvalue weighted by molar-refractivity contribution is 6.55. The summed E-state index contributed by atoms with van der Waals surface area (Å²) in [5.41, 5.74) is 0. The molecule has 0 unspecified atom stereocenters. The smallest absolute Gasteiger partial charge is 0.253 e. The molecule has 0 aromatic rings. The molecule has 0 fully saturated rings. The molecule has 0 saturated heterocycles. The molecule has 0 rings (SSSR count). The second-order valence-electron chi connectivity index (χ2n) is 1.51. The number of ether oxygens (including phenoxy) is 2. The normalized spacial score (nSPS) is 10.7. The lowest BCUT2D eigenvalue weighted by Gasteiger charge is -2.08. The first-order chi connectivity index (χ1) is 4.35. The zero-order chi connectivity index (χ0) is 7.11. The molecule has 0 N–H and O–H groups in total. The zero-order valence-corrected chi connectivity index (χ0v) is 7.64. The standard InChI is InChI=1S/C4H10O3Si2/c1-5-3-9(7-8)4-6-2/h3-4H2,1-2H3. The summed E-state index contributed by atoms with van der Waals surface area (Å²) < 4.78 is 14.6. The average Bonchev–Trinajstić information content (AvgIpc) is 1.88. The minimum Gasteiger partial charge on any atom is -0.454 e. The third-order valence-corrected chi connectivity index (χ3v) is 3.13. The summed E-state index contributed by atoms with van der Waals surface area (Å²) in [6.07, 6.45) is 1.28. The maximum Gasteiger partial charge on any atom is 0.253 e. The molecule has 3 nitrogen and oxygen atoms in total. The highest BCUT2D eigenvalue weighted by Gasteiger charge is 2.08. The van der Waals surface area contributed by atoms with Crippen LogP contribution in [0.2, 0.25) is 0 Å². The first-order valence-electron chi connectivity index (χ1n) is 2.51. The molecule has 0 aliphatic carbocycles. The van der Waals surface area contributed by atoms with E-state index in [4.69, 9.17) is 13.6 Å². The molecule has 0 atom stereocenters. The molecule has 0 aromatic carbocycles. The van der Waals surface area contributed by atoms with Crippen molar-refractivity contribution < 1.29 is 13.6 Å². The van der Waals surface area contributed by atoms with E-state index >= 15 is 0 Å². The van der Waals surface area contributed by atoms with Gasteiger partial charge in [0.25, 0.3) is 9.04 Å². The minimum absolute atomic E-state index is 0.641. The predicted molar refractivity (Wildman–Crippen MR) is 36.3 cm³/mol. The number of hydrogen-bond donors (Lipinski definition) is 0. The Kier molecular flexibility index (Phi) is 6.66. The first-order valence-corrected chi connectivity index (χ1v) is 4.74. The van der Waals surface area contributed by atoms with Crippen LogP contribution in [-0.4, -0.2) is 46.2 Å². The molecule has 0 amide bonds. The lowest BCUT2D eigenvalue weighted by atomic mass is 11.5. The molecule has 0 aliphatic rings. The van der Waals surface area contributed by atoms with E-state index in [1.165, 1.54) is 0 Å². The van der Waals surface area contributed by atoms with Gasteiger partial charge in [-0.25, -0.2) is 0 Å². The maximum atomic E-state index is 4.89. The van der Waals surface area contributed by atoms with Gasteiger partial charge >= 0.3 is 0 Å². The molecule has 9 heavy (non-hydrogen) atoms. The fourth-order valence-electron chi connectivity index (χ4n) is 0.423. The zero-order valence-electron chi connectivity index (χ0n) is 5.64. The van der Waals surface area contributed by atoms with E-state index in [9.17, 15) is 0 Å². The van der Waals surface area contributed by atoms with Gasteiger partial charge in [0.15, 0.2) is 0 Å². The van der Waals surface area contributed by atoms with Crippen LogP contribution in [0.15, 0.2) is 0 Å². The van der Waals surface area contributed by atoms with Gasteiger partial charge in [0.2, 0.25) is 10.5 Å². The van der Waals surface area contributed by atoms with Crippen molar-refractivity contribution in [3.63, 3.8) is 0 Å². The minimum atomic E-state index is -0.917. The van der Waals surface area contributed by atoms with Crippen molar-refractivity contribution in [2.45, 2.75) is 0 Å². The van der Waals surface area contributed by atoms with Crippen LogP contribution in [0, 0.1) is 0 Å². The second kappa shape index (κ2) is 6.43. The van der Waals surface area contributed by atoms with Gasteiger partial charge in [0.05, 0.1) is 12.5 Å². The fraction of sp³-hybridized carbons (Fsp3) is 1.00. The van der Waals surface area contributed by atoms with Crippen molar-refractivity contribution in [2.75, 3.05) is 26.7 Å². The van der Waals surface area contributed by atoms with E-state index in [1.54, 1.807) is 14.2 Å². The van der Waals surface area contributed by atoms with Crippen LogP contribution >= 0.6 is 0 Å². The summed E-state index contributed by atoms with van der Waals surface area (Å²) >= 11 is 0. The Morgan fingerprint density at radius 3 is 1.89 bits per heavy atom. The summed E-state index contributed by atoms with van der Waals surface area (Å²) in [7, 11) is 5.32. The first kappa shape index (κ1) is 9.31. The lowest BCUT2D eigenvalue weighted by molar-refractivity contribution is 0.207. The number of methoxy groups -OCH3 is 2. The Morgan fingerprint density at radius 1 is 1.22 bits per heavy atom. The molecular formula is C4H10O3Si2. The van der Waals surface area contributed by atoms with E-state index < -0.39 is 9.04 Å². The number of hydrogen-bond acceptors (Lipinski definition) is 3. The SMILES string of the molecule is COC[Si](COC)O[Si]. The Balaban J connectivity index is 3.18. The Hall–Kier alpha value is 0.314. The van der Waals surface area contributed by atoms with Gasteiger partial charge in [-0.3, -0.25) is 0 Å². The average molecular weight is 162 g/mol. The molecule has 0 bridgehead atoms. The summed E-state index contributed by atoms with van der Waals surface area (Å²) in [6.45, 7) is 0. The summed E-state index contributed by atoms with van der Waals surface area (Å²) in [5, 5.41) is 0. The second-order valence-corrected chi connectivity index (χ2v) is 3.98. The predicted octanol–water partition coefficient (Wildman–Crippen LogP) is -0.551. The molecule has 52 valence electrons. The van der Waals surface area contributed by atoms with Crippen molar-refractivity contribution in [1.82, 2.24) is 0 Å². The number of rotatable bonds is 5. The molecule has 0 spiro atoms. The van der Waals surface area contributed by atoms with Gasteiger partial charge in [-0.15, -0.1) is 0 Å². The van der Waals surface area contributed by atoms with Crippen LogP contribution in [0.25, 0.3) is 0 Å². The van der Waals surface area contributed by atoms with Crippen molar-refractivity contribution in [2.24, 2.45) is 0 Å². The largest absolute Gasteiger partial charge is 0.454 e. The third-order valence-electron chi connectivity index (χ3n) is 0.755. The van der Waals surface area contributed by atoms with Gasteiger partial charge in [-0.05, 0) is 0 Å². The van der Waals surface area contributed by atoms with Crippen LogP contribution in [0.3, 0.4) is 0 Å². The third kappa shape index (κ3) is 4.79. The maximum absolute atomic E-state index is 4.89. The van der Waals surface area contributed by atoms with Gasteiger partial charge in [-0.2, -0.15) is 0 Å². The van der Waals surface area contributed by atoms with Crippen molar-refractivity contribution in [3.8, 4) is 0 Å². The summed E-state index contributed by atoms with van der Waals surface area (Å²) in [4.78, 5) is 0. The molecule has 0 aromatic heterocycles. The molecule has 4 radical (unpaired) electrons. The highest BCUT2D eigenvalue weighted by atomic mass is 28.3. The molecule has 0 saturated carbocycles. The van der Waals surface area contributed by atoms with Gasteiger partial charge in [-0.1, -0.05) is 0 Å². The van der Waals surface area contributed by atoms with Crippen LogP contribution in [0.4, 0.5) is 0 Å². The summed E-state index contributed by atoms with van der Waals surface area (Å²) in [6, 6.07) is 0. The molecule has 5 heteroatoms. The van der Waals surface area contributed by atoms with Crippen molar-refractivity contribution in [1.29, 1.82) is 0 Å². The Morgan fingerprint density at radius 2 is 1.67 bits per heavy atom. The van der Waals surface area contributed by atoms with E-state index in [-0.39, 0.29) is 0 Å². The van der Waals surface area contributed by atoms with E-state index in [2.05, 4.69) is 10.5 Å². The van der Waals surface area contributed by atoms with Gasteiger partial charge < -0.3 is 13.6 Å². The van der Waals surface area contributed by atoms with Crippen LogP contribution in [-0.2, 0) is 13.6 Å². The Labute approximate surface area is 60.6 Å². The fourth-order valence-corrected chi connectivity index (χ4v) is 1.62. The van der Waals surface area contributed by atoms with Crippen molar-refractivity contribution in [3.05, 3.63) is 0 Å². The van der Waals surface area contributed by atoms with Crippen LogP contribution < -0.4 is 0 Å². The lowest BCUT2D eigenvalue weighted by Crippen LogP contribution is -2.29. The monoisotopic (exact) mass is 162 g/mol. The van der Waals surface area contributed by atoms with Gasteiger partial charge in [0.1, 0.15) is 0 Å². The van der Waals surface area contributed by atoms with Crippen LogP contribution in [0.1, 0.15) is 0 Å². The van der Waals surface area contributed by atoms with Gasteiger partial charge in [0, 0.05) is 14.2 Å². The summed E-state index contributed by atoms with van der Waals surface area (Å²) in [5.74, 6) is 0. The molecular weight excluding hydrogens is 152 g/mol. The van der Waals surface area contributed by atoms with E-state index in [0.29, 0.717) is 12.5 Å². The Bertz CT molecular complexity index is 55.8. The van der Waals surface area contributed by atoms with E-state index in [1.807, 2.05) is 0 Å². The van der Waals surface area contributed by atoms with Crippen molar-refractivity contribution >= 4 is 19.5 Å². The molecule has 0 aliphatic heterocycles. The highest BCUT2D eigenvalue weighted by Crippen LogP contribution is 1.83. The quantitative estimate of drug-likeness (QED) is 0.508. The molecule has 0 heterocycles. The van der Waals surface area contributed by atoms with Crippen LogP contribution in [0.5, 0.6) is 0 Å². The van der Waals surface area contributed by atoms with E-state index in [0.717, 1.165) is 0 Å². The topological polar surface area (TPSA) is 27.7 Å².